The van der Waals surface area contributed by atoms with E-state index < -0.39 is 24.1 Å². The molecule has 0 bridgehead atoms. The van der Waals surface area contributed by atoms with E-state index in [-0.39, 0.29) is 17.0 Å². The molecule has 2 aromatic carbocycles. The second kappa shape index (κ2) is 7.28. The van der Waals surface area contributed by atoms with Gasteiger partial charge in [-0.05, 0) is 43.3 Å². The predicted octanol–water partition coefficient (Wildman–Crippen LogP) is 2.65. The number of carboxylic acids is 1. The van der Waals surface area contributed by atoms with E-state index in [4.69, 9.17) is 4.74 Å². The first-order chi connectivity index (χ1) is 11.4. The molecule has 0 saturated heterocycles. The lowest BCUT2D eigenvalue weighted by Crippen LogP contribution is -2.44. The molecule has 0 aliphatic carbocycles. The van der Waals surface area contributed by atoms with Crippen LogP contribution < -0.4 is 4.90 Å². The van der Waals surface area contributed by atoms with Gasteiger partial charge in [-0.1, -0.05) is 18.2 Å². The molecule has 0 fully saturated rings. The number of carbonyl (C=O) groups excluding carboxylic acids is 2. The summed E-state index contributed by atoms with van der Waals surface area (Å²) in [7, 11) is 0. The maximum Gasteiger partial charge on any atom is 0.423 e. The SMILES string of the molecule is C[C@@H](C(=O)O)N(C(=O)OC(=O)c1ccccc1)c1ccc(O)cc1. The van der Waals surface area contributed by atoms with Crippen molar-refractivity contribution in [3.8, 4) is 5.75 Å². The normalized spacial score (nSPS) is 11.4. The first-order valence-corrected chi connectivity index (χ1v) is 7.02. The Bertz CT molecular complexity index is 741. The number of phenols is 1. The molecule has 0 radical (unpaired) electrons. The van der Waals surface area contributed by atoms with Crippen molar-refractivity contribution in [2.75, 3.05) is 4.90 Å². The van der Waals surface area contributed by atoms with E-state index in [9.17, 15) is 24.6 Å². The Kier molecular flexibility index (Phi) is 5.16. The summed E-state index contributed by atoms with van der Waals surface area (Å²) in [4.78, 5) is 36.4. The van der Waals surface area contributed by atoms with Crippen LogP contribution in [0.15, 0.2) is 54.6 Å². The van der Waals surface area contributed by atoms with Gasteiger partial charge in [-0.25, -0.2) is 14.4 Å². The summed E-state index contributed by atoms with van der Waals surface area (Å²) in [5.74, 6) is -2.20. The van der Waals surface area contributed by atoms with Gasteiger partial charge in [0.2, 0.25) is 0 Å². The number of aromatic hydroxyl groups is 1. The van der Waals surface area contributed by atoms with Crippen LogP contribution in [0.1, 0.15) is 17.3 Å². The Morgan fingerprint density at radius 2 is 1.58 bits per heavy atom. The largest absolute Gasteiger partial charge is 0.508 e. The molecule has 7 heteroatoms. The fraction of sp³-hybridized carbons (Fsp3) is 0.118. The second-order valence-corrected chi connectivity index (χ2v) is 4.92. The third-order valence-corrected chi connectivity index (χ3v) is 3.26. The highest BCUT2D eigenvalue weighted by Gasteiger charge is 2.30. The maximum atomic E-state index is 12.3. The van der Waals surface area contributed by atoms with Gasteiger partial charge in [-0.15, -0.1) is 0 Å². The number of phenolic OH excluding ortho intramolecular Hbond substituents is 1. The summed E-state index contributed by atoms with van der Waals surface area (Å²) >= 11 is 0. The third-order valence-electron chi connectivity index (χ3n) is 3.26. The molecule has 7 nitrogen and oxygen atoms in total. The molecule has 0 aliphatic heterocycles. The van der Waals surface area contributed by atoms with Gasteiger partial charge in [0.15, 0.2) is 0 Å². The number of hydrogen-bond acceptors (Lipinski definition) is 5. The van der Waals surface area contributed by atoms with Gasteiger partial charge in [0.05, 0.1) is 5.56 Å². The van der Waals surface area contributed by atoms with Crippen LogP contribution in [0.4, 0.5) is 10.5 Å². The van der Waals surface area contributed by atoms with E-state index in [1.54, 1.807) is 18.2 Å². The highest BCUT2D eigenvalue weighted by molar-refractivity contribution is 6.03. The molecule has 1 amide bonds. The highest BCUT2D eigenvalue weighted by atomic mass is 16.6. The maximum absolute atomic E-state index is 12.3. The molecule has 1 atom stereocenters. The van der Waals surface area contributed by atoms with Crippen molar-refractivity contribution in [3.05, 3.63) is 60.2 Å². The minimum absolute atomic E-state index is 0.0459. The number of hydrogen-bond donors (Lipinski definition) is 2. The minimum Gasteiger partial charge on any atom is -0.508 e. The van der Waals surface area contributed by atoms with Crippen LogP contribution in [0.2, 0.25) is 0 Å². The number of anilines is 1. The van der Waals surface area contributed by atoms with E-state index in [1.165, 1.54) is 43.3 Å². The fourth-order valence-corrected chi connectivity index (χ4v) is 1.97. The first-order valence-electron chi connectivity index (χ1n) is 7.02. The molecule has 0 saturated carbocycles. The zero-order valence-corrected chi connectivity index (χ0v) is 12.7. The van der Waals surface area contributed by atoms with E-state index >= 15 is 0 Å². The van der Waals surface area contributed by atoms with E-state index in [1.807, 2.05) is 0 Å². The lowest BCUT2D eigenvalue weighted by Gasteiger charge is -2.25. The Morgan fingerprint density at radius 3 is 2.12 bits per heavy atom. The van der Waals surface area contributed by atoms with E-state index in [0.717, 1.165) is 4.90 Å². The predicted molar refractivity (Wildman–Crippen MR) is 84.9 cm³/mol. The van der Waals surface area contributed by atoms with Crippen LogP contribution in [0.25, 0.3) is 0 Å². The van der Waals surface area contributed by atoms with Crippen LogP contribution in [0.5, 0.6) is 5.75 Å². The van der Waals surface area contributed by atoms with Crippen molar-refractivity contribution in [1.82, 2.24) is 0 Å². The van der Waals surface area contributed by atoms with E-state index in [0.29, 0.717) is 0 Å². The molecule has 0 spiro atoms. The molecule has 24 heavy (non-hydrogen) atoms. The number of esters is 1. The molecular weight excluding hydrogens is 314 g/mol. The van der Waals surface area contributed by atoms with Crippen LogP contribution in [-0.2, 0) is 9.53 Å². The standard InChI is InChI=1S/C17H15NO6/c1-11(15(20)21)18(13-7-9-14(19)10-8-13)17(23)24-16(22)12-5-3-2-4-6-12/h2-11,19H,1H3,(H,20,21)/t11-/m0/s1. The number of nitrogens with zero attached hydrogens (tertiary/aromatic N) is 1. The summed E-state index contributed by atoms with van der Waals surface area (Å²) in [5, 5.41) is 18.5. The molecule has 0 heterocycles. The van der Waals surface area contributed by atoms with Gasteiger partial charge < -0.3 is 14.9 Å². The number of aliphatic carboxylic acids is 1. The van der Waals surface area contributed by atoms with Crippen LogP contribution in [0.3, 0.4) is 0 Å². The minimum atomic E-state index is -1.27. The molecule has 2 aromatic rings. The number of rotatable bonds is 4. The number of carbonyl (C=O) groups is 3. The fourth-order valence-electron chi connectivity index (χ4n) is 1.97. The van der Waals surface area contributed by atoms with Crippen molar-refractivity contribution in [1.29, 1.82) is 0 Å². The molecule has 0 unspecified atom stereocenters. The Labute approximate surface area is 137 Å². The van der Waals surface area contributed by atoms with Gasteiger partial charge in [0, 0.05) is 5.69 Å². The van der Waals surface area contributed by atoms with Gasteiger partial charge in [-0.2, -0.15) is 0 Å². The van der Waals surface area contributed by atoms with Crippen LogP contribution in [-0.4, -0.2) is 34.3 Å². The average molecular weight is 329 g/mol. The number of benzene rings is 2. The monoisotopic (exact) mass is 329 g/mol. The summed E-state index contributed by atoms with van der Waals surface area (Å²) in [6.45, 7) is 1.28. The third kappa shape index (κ3) is 3.89. The van der Waals surface area contributed by atoms with Crippen molar-refractivity contribution >= 4 is 23.7 Å². The number of amides is 1. The smallest absolute Gasteiger partial charge is 0.423 e. The summed E-state index contributed by atoms with van der Waals surface area (Å²) in [6, 6.07) is 11.9. The van der Waals surface area contributed by atoms with Crippen molar-refractivity contribution in [3.63, 3.8) is 0 Å². The quantitative estimate of drug-likeness (QED) is 0.660. The summed E-state index contributed by atoms with van der Waals surface area (Å²) in [5.41, 5.74) is 0.341. The zero-order chi connectivity index (χ0) is 17.7. The molecule has 2 rings (SSSR count). The van der Waals surface area contributed by atoms with Crippen LogP contribution in [0, 0.1) is 0 Å². The van der Waals surface area contributed by atoms with Crippen molar-refractivity contribution in [2.24, 2.45) is 0 Å². The van der Waals surface area contributed by atoms with Crippen LogP contribution >= 0.6 is 0 Å². The van der Waals surface area contributed by atoms with Gasteiger partial charge >= 0.3 is 18.0 Å². The van der Waals surface area contributed by atoms with E-state index in [2.05, 4.69) is 0 Å². The average Bonchev–Trinajstić information content (AvgIpc) is 2.57. The molecule has 124 valence electrons. The molecule has 0 aromatic heterocycles. The Morgan fingerprint density at radius 1 is 1.00 bits per heavy atom. The molecule has 2 N–H and O–H groups in total. The molecular formula is C17H15NO6. The summed E-state index contributed by atoms with van der Waals surface area (Å²) in [6.07, 6.45) is -1.12. The number of ether oxygens (including phenoxy) is 1. The van der Waals surface area contributed by atoms with Crippen molar-refractivity contribution in [2.45, 2.75) is 13.0 Å². The Balaban J connectivity index is 2.26. The highest BCUT2D eigenvalue weighted by Crippen LogP contribution is 2.22. The summed E-state index contributed by atoms with van der Waals surface area (Å²) < 4.78 is 4.78. The van der Waals surface area contributed by atoms with Gasteiger partial charge in [0.1, 0.15) is 11.8 Å². The Hall–Kier alpha value is -3.35. The van der Waals surface area contributed by atoms with Gasteiger partial charge in [-0.3, -0.25) is 4.90 Å². The lowest BCUT2D eigenvalue weighted by molar-refractivity contribution is -0.138. The van der Waals surface area contributed by atoms with Crippen molar-refractivity contribution < 1.29 is 29.3 Å². The van der Waals surface area contributed by atoms with Gasteiger partial charge in [0.25, 0.3) is 0 Å². The zero-order valence-electron chi connectivity index (χ0n) is 12.7. The number of carboxylic acid groups (broad SMARTS) is 1. The molecule has 0 aliphatic rings. The topological polar surface area (TPSA) is 104 Å². The first kappa shape index (κ1) is 17.0. The lowest BCUT2D eigenvalue weighted by atomic mass is 10.2. The second-order valence-electron chi connectivity index (χ2n) is 4.92.